The minimum atomic E-state index is -0.325. The summed E-state index contributed by atoms with van der Waals surface area (Å²) >= 11 is 0. The van der Waals surface area contributed by atoms with E-state index >= 15 is 0 Å². The lowest BCUT2D eigenvalue weighted by molar-refractivity contribution is -0.149. The van der Waals surface area contributed by atoms with E-state index in [1.165, 1.54) is 16.7 Å². The Morgan fingerprint density at radius 2 is 1.50 bits per heavy atom. The van der Waals surface area contributed by atoms with Gasteiger partial charge < -0.3 is 4.74 Å². The SMILES string of the molecule is CCC1=C[C@H](N(Cc2ccccc2)Cc2ccccc2)C(=O)OC1. The van der Waals surface area contributed by atoms with Crippen LogP contribution < -0.4 is 0 Å². The van der Waals surface area contributed by atoms with Gasteiger partial charge in [-0.2, -0.15) is 0 Å². The van der Waals surface area contributed by atoms with Crippen LogP contribution in [0.25, 0.3) is 0 Å². The summed E-state index contributed by atoms with van der Waals surface area (Å²) < 4.78 is 5.40. The first-order valence-corrected chi connectivity index (χ1v) is 8.44. The lowest BCUT2D eigenvalue weighted by atomic mass is 10.0. The number of cyclic esters (lactones) is 1. The smallest absolute Gasteiger partial charge is 0.327 e. The molecular formula is C21H23NO2. The highest BCUT2D eigenvalue weighted by atomic mass is 16.5. The van der Waals surface area contributed by atoms with E-state index in [1.807, 2.05) is 36.4 Å². The summed E-state index contributed by atoms with van der Waals surface area (Å²) in [7, 11) is 0. The molecule has 1 atom stereocenters. The second-order valence-corrected chi connectivity index (χ2v) is 6.11. The number of nitrogens with zero attached hydrogens (tertiary/aromatic N) is 1. The van der Waals surface area contributed by atoms with Crippen LogP contribution in [0.5, 0.6) is 0 Å². The van der Waals surface area contributed by atoms with Gasteiger partial charge in [0.05, 0.1) is 0 Å². The Balaban J connectivity index is 1.87. The van der Waals surface area contributed by atoms with E-state index in [1.54, 1.807) is 0 Å². The Morgan fingerprint density at radius 3 is 2.00 bits per heavy atom. The van der Waals surface area contributed by atoms with Crippen LogP contribution in [-0.2, 0) is 22.6 Å². The molecule has 1 aliphatic heterocycles. The van der Waals surface area contributed by atoms with Gasteiger partial charge in [-0.05, 0) is 23.1 Å². The van der Waals surface area contributed by atoms with Crippen molar-refractivity contribution >= 4 is 5.97 Å². The van der Waals surface area contributed by atoms with Crippen LogP contribution in [0.2, 0.25) is 0 Å². The minimum absolute atomic E-state index is 0.154. The van der Waals surface area contributed by atoms with Crippen LogP contribution in [0, 0.1) is 0 Å². The molecule has 0 radical (unpaired) electrons. The minimum Gasteiger partial charge on any atom is -0.460 e. The highest BCUT2D eigenvalue weighted by Gasteiger charge is 2.29. The van der Waals surface area contributed by atoms with Gasteiger partial charge in [-0.3, -0.25) is 4.90 Å². The fourth-order valence-electron chi connectivity index (χ4n) is 2.95. The van der Waals surface area contributed by atoms with Crippen molar-refractivity contribution in [3.63, 3.8) is 0 Å². The summed E-state index contributed by atoms with van der Waals surface area (Å²) in [4.78, 5) is 14.6. The molecule has 1 aliphatic rings. The largest absolute Gasteiger partial charge is 0.460 e. The molecule has 2 aromatic rings. The second kappa shape index (κ2) is 7.93. The van der Waals surface area contributed by atoms with E-state index in [2.05, 4.69) is 42.2 Å². The summed E-state index contributed by atoms with van der Waals surface area (Å²) in [6, 6.07) is 20.2. The van der Waals surface area contributed by atoms with Crippen molar-refractivity contribution in [1.82, 2.24) is 4.90 Å². The first-order valence-electron chi connectivity index (χ1n) is 8.44. The molecule has 3 rings (SSSR count). The van der Waals surface area contributed by atoms with Gasteiger partial charge in [-0.15, -0.1) is 0 Å². The molecule has 0 saturated carbocycles. The van der Waals surface area contributed by atoms with Crippen molar-refractivity contribution in [3.05, 3.63) is 83.4 Å². The molecule has 3 nitrogen and oxygen atoms in total. The van der Waals surface area contributed by atoms with Crippen LogP contribution in [-0.4, -0.2) is 23.5 Å². The van der Waals surface area contributed by atoms with Gasteiger partial charge in [-0.1, -0.05) is 73.7 Å². The van der Waals surface area contributed by atoms with Gasteiger partial charge in [0.25, 0.3) is 0 Å². The fourth-order valence-corrected chi connectivity index (χ4v) is 2.95. The molecule has 0 spiro atoms. The summed E-state index contributed by atoms with van der Waals surface area (Å²) in [5.74, 6) is -0.154. The highest BCUT2D eigenvalue weighted by Crippen LogP contribution is 2.20. The highest BCUT2D eigenvalue weighted by molar-refractivity contribution is 5.79. The quantitative estimate of drug-likeness (QED) is 0.596. The molecule has 0 aliphatic carbocycles. The van der Waals surface area contributed by atoms with Gasteiger partial charge in [-0.25, -0.2) is 4.79 Å². The van der Waals surface area contributed by atoms with E-state index in [0.29, 0.717) is 19.7 Å². The molecule has 0 amide bonds. The molecule has 24 heavy (non-hydrogen) atoms. The fraction of sp³-hybridized carbons (Fsp3) is 0.286. The summed E-state index contributed by atoms with van der Waals surface area (Å²) in [5, 5.41) is 0. The van der Waals surface area contributed by atoms with E-state index < -0.39 is 0 Å². The van der Waals surface area contributed by atoms with Crippen molar-refractivity contribution in [2.45, 2.75) is 32.5 Å². The van der Waals surface area contributed by atoms with Crippen LogP contribution in [0.3, 0.4) is 0 Å². The third-order valence-electron chi connectivity index (χ3n) is 4.34. The molecule has 0 unspecified atom stereocenters. The predicted molar refractivity (Wildman–Crippen MR) is 95.3 cm³/mol. The van der Waals surface area contributed by atoms with Gasteiger partial charge >= 0.3 is 5.97 Å². The number of esters is 1. The van der Waals surface area contributed by atoms with Crippen LogP contribution in [0.4, 0.5) is 0 Å². The van der Waals surface area contributed by atoms with Crippen molar-refractivity contribution in [2.24, 2.45) is 0 Å². The molecule has 0 bridgehead atoms. The third kappa shape index (κ3) is 4.12. The average molecular weight is 321 g/mol. The van der Waals surface area contributed by atoms with Crippen LogP contribution >= 0.6 is 0 Å². The average Bonchev–Trinajstić information content (AvgIpc) is 2.63. The lowest BCUT2D eigenvalue weighted by Gasteiger charge is -2.31. The zero-order valence-electron chi connectivity index (χ0n) is 14.0. The Kier molecular flexibility index (Phi) is 5.44. The third-order valence-corrected chi connectivity index (χ3v) is 4.34. The molecule has 3 heteroatoms. The first-order chi connectivity index (χ1) is 11.8. The molecular weight excluding hydrogens is 298 g/mol. The van der Waals surface area contributed by atoms with Crippen LogP contribution in [0.1, 0.15) is 24.5 Å². The van der Waals surface area contributed by atoms with Gasteiger partial charge in [0.15, 0.2) is 0 Å². The number of hydrogen-bond donors (Lipinski definition) is 0. The topological polar surface area (TPSA) is 29.5 Å². The predicted octanol–water partition coefficient (Wildman–Crippen LogP) is 3.95. The lowest BCUT2D eigenvalue weighted by Crippen LogP contribution is -2.42. The zero-order valence-corrected chi connectivity index (χ0v) is 14.0. The second-order valence-electron chi connectivity index (χ2n) is 6.11. The number of hydrogen-bond acceptors (Lipinski definition) is 3. The normalized spacial score (nSPS) is 17.5. The number of carbonyl (C=O) groups is 1. The van der Waals surface area contributed by atoms with E-state index in [-0.39, 0.29) is 12.0 Å². The maximum atomic E-state index is 12.4. The molecule has 0 saturated heterocycles. The zero-order chi connectivity index (χ0) is 16.8. The molecule has 2 aromatic carbocycles. The number of rotatable bonds is 6. The molecule has 124 valence electrons. The number of ether oxygens (including phenoxy) is 1. The Labute approximate surface area is 143 Å². The van der Waals surface area contributed by atoms with Gasteiger partial charge in [0.1, 0.15) is 12.6 Å². The van der Waals surface area contributed by atoms with E-state index in [4.69, 9.17) is 4.74 Å². The molecule has 1 heterocycles. The van der Waals surface area contributed by atoms with Gasteiger partial charge in [0.2, 0.25) is 0 Å². The number of benzene rings is 2. The summed E-state index contributed by atoms with van der Waals surface area (Å²) in [6.07, 6.45) is 2.99. The Hall–Kier alpha value is -2.39. The molecule has 0 fully saturated rings. The number of carbonyl (C=O) groups excluding carboxylic acids is 1. The standard InChI is InChI=1S/C21H23NO2/c1-2-17-13-20(21(23)24-16-17)22(14-18-9-5-3-6-10-18)15-19-11-7-4-8-12-19/h3-13,20H,2,14-16H2,1H3/t20-/m0/s1. The first kappa shape index (κ1) is 16.5. The monoisotopic (exact) mass is 321 g/mol. The summed E-state index contributed by atoms with van der Waals surface area (Å²) in [6.45, 7) is 3.95. The van der Waals surface area contributed by atoms with Crippen molar-refractivity contribution < 1.29 is 9.53 Å². The van der Waals surface area contributed by atoms with Crippen molar-refractivity contribution in [2.75, 3.05) is 6.61 Å². The van der Waals surface area contributed by atoms with E-state index in [0.717, 1.165) is 6.42 Å². The van der Waals surface area contributed by atoms with Gasteiger partial charge in [0, 0.05) is 13.1 Å². The molecule has 0 aromatic heterocycles. The Bertz CT molecular complexity index is 653. The van der Waals surface area contributed by atoms with E-state index in [9.17, 15) is 4.79 Å². The van der Waals surface area contributed by atoms with Crippen molar-refractivity contribution in [3.8, 4) is 0 Å². The van der Waals surface area contributed by atoms with Crippen molar-refractivity contribution in [1.29, 1.82) is 0 Å². The summed E-state index contributed by atoms with van der Waals surface area (Å²) in [5.41, 5.74) is 3.57. The Morgan fingerprint density at radius 1 is 0.958 bits per heavy atom. The maximum Gasteiger partial charge on any atom is 0.327 e. The molecule has 0 N–H and O–H groups in total. The maximum absolute atomic E-state index is 12.4. The van der Waals surface area contributed by atoms with Crippen LogP contribution in [0.15, 0.2) is 72.3 Å².